The molecule has 3 aromatic rings. The summed E-state index contributed by atoms with van der Waals surface area (Å²) in [5, 5.41) is 3.07. The summed E-state index contributed by atoms with van der Waals surface area (Å²) < 4.78 is 0.980. The molecule has 0 spiro atoms. The van der Waals surface area contributed by atoms with Gasteiger partial charge in [-0.1, -0.05) is 103 Å². The van der Waals surface area contributed by atoms with Crippen molar-refractivity contribution < 1.29 is 9.59 Å². The zero-order valence-electron chi connectivity index (χ0n) is 20.3. The van der Waals surface area contributed by atoms with Crippen molar-refractivity contribution in [2.24, 2.45) is 5.92 Å². The second-order valence-corrected chi connectivity index (χ2v) is 10.9. The van der Waals surface area contributed by atoms with Crippen molar-refractivity contribution in [2.45, 2.75) is 38.6 Å². The Morgan fingerprint density at radius 2 is 1.46 bits per heavy atom. The topological polar surface area (TPSA) is 49.4 Å². The fourth-order valence-electron chi connectivity index (χ4n) is 3.68. The summed E-state index contributed by atoms with van der Waals surface area (Å²) in [6, 6.07) is 27.4. The molecule has 184 valence electrons. The van der Waals surface area contributed by atoms with Crippen LogP contribution in [-0.2, 0) is 28.3 Å². The molecule has 0 aliphatic heterocycles. The molecule has 0 aliphatic carbocycles. The molecule has 3 aromatic carbocycles. The molecule has 0 heterocycles. The van der Waals surface area contributed by atoms with Crippen LogP contribution in [0, 0.1) is 5.92 Å². The van der Waals surface area contributed by atoms with Crippen LogP contribution in [0.2, 0.25) is 0 Å². The standard InChI is InChI=1S/C29H33BrN2O2S/c1-22(2)18-31-29(34)27(17-23-9-5-3-6-10-23)32(19-24-13-15-26(30)16-14-24)28(33)21-35-20-25-11-7-4-8-12-25/h3-16,22,27H,17-21H2,1-2H3,(H,31,34)/t27-/m0/s1. The number of thioether (sulfide) groups is 1. The van der Waals surface area contributed by atoms with Crippen LogP contribution < -0.4 is 5.32 Å². The van der Waals surface area contributed by atoms with Gasteiger partial charge in [0.1, 0.15) is 6.04 Å². The number of hydrogen-bond acceptors (Lipinski definition) is 3. The van der Waals surface area contributed by atoms with E-state index in [1.54, 1.807) is 16.7 Å². The quantitative estimate of drug-likeness (QED) is 0.295. The fourth-order valence-corrected chi connectivity index (χ4v) is 4.81. The Morgan fingerprint density at radius 1 is 0.857 bits per heavy atom. The van der Waals surface area contributed by atoms with E-state index in [2.05, 4.69) is 47.2 Å². The summed E-state index contributed by atoms with van der Waals surface area (Å²) in [6.07, 6.45) is 0.469. The lowest BCUT2D eigenvalue weighted by molar-refractivity contribution is -0.139. The summed E-state index contributed by atoms with van der Waals surface area (Å²) >= 11 is 5.06. The number of halogens is 1. The lowest BCUT2D eigenvalue weighted by atomic mass is 10.0. The third-order valence-electron chi connectivity index (χ3n) is 5.56. The van der Waals surface area contributed by atoms with Gasteiger partial charge in [0.25, 0.3) is 0 Å². The van der Waals surface area contributed by atoms with Crippen molar-refractivity contribution in [3.8, 4) is 0 Å². The van der Waals surface area contributed by atoms with Crippen LogP contribution in [0.1, 0.15) is 30.5 Å². The molecule has 1 atom stereocenters. The Labute approximate surface area is 221 Å². The molecule has 0 aromatic heterocycles. The molecule has 35 heavy (non-hydrogen) atoms. The highest BCUT2D eigenvalue weighted by Crippen LogP contribution is 2.19. The van der Waals surface area contributed by atoms with Gasteiger partial charge in [-0.25, -0.2) is 0 Å². The normalized spacial score (nSPS) is 11.8. The molecule has 0 aliphatic rings. The van der Waals surface area contributed by atoms with Crippen molar-refractivity contribution >= 4 is 39.5 Å². The van der Waals surface area contributed by atoms with Crippen LogP contribution >= 0.6 is 27.7 Å². The van der Waals surface area contributed by atoms with Gasteiger partial charge < -0.3 is 10.2 Å². The molecule has 4 nitrogen and oxygen atoms in total. The lowest BCUT2D eigenvalue weighted by Gasteiger charge is -2.32. The first-order valence-corrected chi connectivity index (χ1v) is 13.8. The molecular weight excluding hydrogens is 520 g/mol. The molecule has 0 saturated heterocycles. The number of amides is 2. The first kappa shape index (κ1) is 27.0. The van der Waals surface area contributed by atoms with Gasteiger partial charge in [0.15, 0.2) is 0 Å². The van der Waals surface area contributed by atoms with Crippen molar-refractivity contribution in [1.82, 2.24) is 10.2 Å². The summed E-state index contributed by atoms with van der Waals surface area (Å²) in [7, 11) is 0. The molecule has 0 saturated carbocycles. The minimum Gasteiger partial charge on any atom is -0.354 e. The van der Waals surface area contributed by atoms with Crippen molar-refractivity contribution in [2.75, 3.05) is 12.3 Å². The lowest BCUT2D eigenvalue weighted by Crippen LogP contribution is -2.51. The average molecular weight is 554 g/mol. The molecule has 0 fully saturated rings. The Hall–Kier alpha value is -2.57. The van der Waals surface area contributed by atoms with Crippen LogP contribution in [0.25, 0.3) is 0 Å². The largest absolute Gasteiger partial charge is 0.354 e. The Kier molecular flexibility index (Phi) is 10.9. The zero-order chi connectivity index (χ0) is 25.0. The summed E-state index contributed by atoms with van der Waals surface area (Å²) in [4.78, 5) is 28.8. The molecular formula is C29H33BrN2O2S. The van der Waals surface area contributed by atoms with E-state index in [9.17, 15) is 9.59 Å². The minimum atomic E-state index is -0.593. The minimum absolute atomic E-state index is 0.0329. The third kappa shape index (κ3) is 9.19. The average Bonchev–Trinajstić information content (AvgIpc) is 2.87. The Morgan fingerprint density at radius 3 is 2.06 bits per heavy atom. The van der Waals surface area contributed by atoms with Crippen molar-refractivity contribution in [1.29, 1.82) is 0 Å². The summed E-state index contributed by atoms with van der Waals surface area (Å²) in [5.74, 6) is 1.25. The first-order valence-electron chi connectivity index (χ1n) is 11.9. The smallest absolute Gasteiger partial charge is 0.243 e. The number of carbonyl (C=O) groups is 2. The molecule has 0 radical (unpaired) electrons. The SMILES string of the molecule is CC(C)CNC(=O)[C@H](Cc1ccccc1)N(Cc1ccc(Br)cc1)C(=O)CSCc1ccccc1. The summed E-state index contributed by atoms with van der Waals surface area (Å²) in [6.45, 7) is 5.09. The van der Waals surface area contributed by atoms with E-state index in [1.165, 1.54) is 5.56 Å². The molecule has 0 bridgehead atoms. The highest BCUT2D eigenvalue weighted by molar-refractivity contribution is 9.10. The number of benzene rings is 3. The second-order valence-electron chi connectivity index (χ2n) is 8.97. The monoisotopic (exact) mass is 552 g/mol. The van der Waals surface area contributed by atoms with Gasteiger partial charge >= 0.3 is 0 Å². The maximum atomic E-state index is 13.6. The highest BCUT2D eigenvalue weighted by atomic mass is 79.9. The number of rotatable bonds is 12. The van der Waals surface area contributed by atoms with Gasteiger partial charge in [-0.05, 0) is 34.7 Å². The zero-order valence-corrected chi connectivity index (χ0v) is 22.7. The van der Waals surface area contributed by atoms with Crippen LogP contribution in [0.4, 0.5) is 0 Å². The predicted molar refractivity (Wildman–Crippen MR) is 149 cm³/mol. The van der Waals surface area contributed by atoms with Crippen LogP contribution in [0.5, 0.6) is 0 Å². The molecule has 0 unspecified atom stereocenters. The number of nitrogens with one attached hydrogen (secondary N) is 1. The second kappa shape index (κ2) is 14.1. The van der Waals surface area contributed by atoms with Crippen LogP contribution in [0.3, 0.4) is 0 Å². The van der Waals surface area contributed by atoms with Gasteiger partial charge in [-0.2, -0.15) is 0 Å². The van der Waals surface area contributed by atoms with E-state index in [4.69, 9.17) is 0 Å². The van der Waals surface area contributed by atoms with E-state index >= 15 is 0 Å². The van der Waals surface area contributed by atoms with Crippen molar-refractivity contribution in [3.05, 3.63) is 106 Å². The van der Waals surface area contributed by atoms with E-state index in [0.717, 1.165) is 21.4 Å². The number of carbonyl (C=O) groups excluding carboxylic acids is 2. The van der Waals surface area contributed by atoms with Gasteiger partial charge in [-0.3, -0.25) is 9.59 Å². The van der Waals surface area contributed by atoms with Gasteiger partial charge in [0.2, 0.25) is 11.8 Å². The molecule has 1 N–H and O–H groups in total. The van der Waals surface area contributed by atoms with Crippen LogP contribution in [0.15, 0.2) is 89.4 Å². The Bertz CT molecular complexity index is 1060. The number of hydrogen-bond donors (Lipinski definition) is 1. The first-order chi connectivity index (χ1) is 16.9. The van der Waals surface area contributed by atoms with E-state index in [1.807, 2.05) is 72.8 Å². The van der Waals surface area contributed by atoms with Crippen LogP contribution in [-0.4, -0.2) is 35.1 Å². The summed E-state index contributed by atoms with van der Waals surface area (Å²) in [5.41, 5.74) is 3.20. The number of nitrogens with zero attached hydrogens (tertiary/aromatic N) is 1. The van der Waals surface area contributed by atoms with Crippen molar-refractivity contribution in [3.63, 3.8) is 0 Å². The maximum absolute atomic E-state index is 13.6. The fraction of sp³-hybridized carbons (Fsp3) is 0.310. The highest BCUT2D eigenvalue weighted by Gasteiger charge is 2.30. The van der Waals surface area contributed by atoms with E-state index in [-0.39, 0.29) is 11.8 Å². The van der Waals surface area contributed by atoms with E-state index < -0.39 is 6.04 Å². The Balaban J connectivity index is 1.83. The maximum Gasteiger partial charge on any atom is 0.243 e. The predicted octanol–water partition coefficient (Wildman–Crippen LogP) is 6.09. The van der Waals surface area contributed by atoms with Gasteiger partial charge in [0.05, 0.1) is 5.75 Å². The molecule has 2 amide bonds. The van der Waals surface area contributed by atoms with Gasteiger partial charge in [-0.15, -0.1) is 11.8 Å². The molecule has 3 rings (SSSR count). The third-order valence-corrected chi connectivity index (χ3v) is 7.08. The molecule has 6 heteroatoms. The van der Waals surface area contributed by atoms with Gasteiger partial charge in [0, 0.05) is 29.7 Å². The van der Waals surface area contributed by atoms with E-state index in [0.29, 0.717) is 31.2 Å².